The molecule has 0 saturated heterocycles. The Hall–Kier alpha value is -3.60. The van der Waals surface area contributed by atoms with Crippen molar-refractivity contribution in [2.75, 3.05) is 10.2 Å². The molecule has 3 aromatic carbocycles. The van der Waals surface area contributed by atoms with Crippen LogP contribution in [0.1, 0.15) is 47.8 Å². The van der Waals surface area contributed by atoms with E-state index in [0.29, 0.717) is 0 Å². The zero-order chi connectivity index (χ0) is 22.1. The molecule has 1 aliphatic rings. The first kappa shape index (κ1) is 20.7. The van der Waals surface area contributed by atoms with Gasteiger partial charge in [-0.2, -0.15) is 0 Å². The smallest absolute Gasteiger partial charge is 0.335 e. The molecule has 0 spiro atoms. The molecule has 1 heterocycles. The predicted molar refractivity (Wildman–Crippen MR) is 124 cm³/mol. The first-order valence-electron chi connectivity index (χ1n) is 10.4. The van der Waals surface area contributed by atoms with E-state index in [4.69, 9.17) is 5.11 Å². The fourth-order valence-electron chi connectivity index (χ4n) is 4.32. The van der Waals surface area contributed by atoms with Crippen molar-refractivity contribution < 1.29 is 14.7 Å². The quantitative estimate of drug-likeness (QED) is 0.578. The Kier molecular flexibility index (Phi) is 5.51. The first-order chi connectivity index (χ1) is 14.8. The van der Waals surface area contributed by atoms with Gasteiger partial charge in [0, 0.05) is 24.3 Å². The van der Waals surface area contributed by atoms with Crippen LogP contribution >= 0.6 is 0 Å². The number of nitrogens with one attached hydrogen (secondary N) is 1. The van der Waals surface area contributed by atoms with Gasteiger partial charge in [-0.05, 0) is 73.4 Å². The zero-order valence-electron chi connectivity index (χ0n) is 17.9. The molecule has 2 N–H and O–H groups in total. The van der Waals surface area contributed by atoms with Gasteiger partial charge in [0.05, 0.1) is 11.6 Å². The summed E-state index contributed by atoms with van der Waals surface area (Å²) in [6, 6.07) is 21.4. The van der Waals surface area contributed by atoms with E-state index in [1.807, 2.05) is 29.2 Å². The fourth-order valence-corrected chi connectivity index (χ4v) is 4.32. The van der Waals surface area contributed by atoms with Crippen molar-refractivity contribution in [3.63, 3.8) is 0 Å². The molecular weight excluding hydrogens is 388 g/mol. The second-order valence-corrected chi connectivity index (χ2v) is 8.19. The molecule has 0 fully saturated rings. The highest BCUT2D eigenvalue weighted by atomic mass is 16.4. The molecule has 5 nitrogen and oxygen atoms in total. The Morgan fingerprint density at radius 3 is 2.23 bits per heavy atom. The van der Waals surface area contributed by atoms with Crippen LogP contribution in [0.3, 0.4) is 0 Å². The Morgan fingerprint density at radius 1 is 0.968 bits per heavy atom. The number of amides is 1. The van der Waals surface area contributed by atoms with Gasteiger partial charge in [0.2, 0.25) is 5.91 Å². The largest absolute Gasteiger partial charge is 0.478 e. The topological polar surface area (TPSA) is 69.6 Å². The highest BCUT2D eigenvalue weighted by molar-refractivity contribution is 5.94. The van der Waals surface area contributed by atoms with Gasteiger partial charge >= 0.3 is 5.97 Å². The Morgan fingerprint density at radius 2 is 1.61 bits per heavy atom. The molecule has 0 saturated carbocycles. The average molecular weight is 415 g/mol. The molecule has 2 atom stereocenters. The Bertz CT molecular complexity index is 1120. The van der Waals surface area contributed by atoms with Crippen molar-refractivity contribution in [2.24, 2.45) is 0 Å². The number of hydrogen-bond acceptors (Lipinski definition) is 3. The number of hydrogen-bond donors (Lipinski definition) is 2. The van der Waals surface area contributed by atoms with Gasteiger partial charge in [-0.25, -0.2) is 4.79 Å². The second kappa shape index (κ2) is 8.26. The minimum atomic E-state index is -0.939. The maximum atomic E-state index is 12.4. The van der Waals surface area contributed by atoms with Gasteiger partial charge < -0.3 is 15.3 Å². The standard InChI is InChI=1S/C26H26N2O3/c1-16-4-11-22(12-5-16)27-24-14-17(2)28(18(3)29)25-13-10-21(15-23(24)25)19-6-8-20(9-7-19)26(30)31/h4-13,15,17,24,27H,14H2,1-3H3,(H,30,31). The van der Waals surface area contributed by atoms with Gasteiger partial charge in [-0.15, -0.1) is 0 Å². The predicted octanol–water partition coefficient (Wildman–Crippen LogP) is 5.66. The van der Waals surface area contributed by atoms with Gasteiger partial charge in [-0.1, -0.05) is 35.9 Å². The molecule has 0 aromatic heterocycles. The van der Waals surface area contributed by atoms with Crippen LogP contribution in [0.4, 0.5) is 11.4 Å². The molecule has 5 heteroatoms. The van der Waals surface area contributed by atoms with Gasteiger partial charge in [0.15, 0.2) is 0 Å². The molecule has 4 rings (SSSR count). The summed E-state index contributed by atoms with van der Waals surface area (Å²) in [7, 11) is 0. The van der Waals surface area contributed by atoms with E-state index in [0.717, 1.165) is 34.5 Å². The molecule has 1 aliphatic heterocycles. The number of nitrogens with zero attached hydrogens (tertiary/aromatic N) is 1. The number of aromatic carboxylic acids is 1. The molecular formula is C26H26N2O3. The second-order valence-electron chi connectivity index (χ2n) is 8.19. The summed E-state index contributed by atoms with van der Waals surface area (Å²) >= 11 is 0. The van der Waals surface area contributed by atoms with E-state index in [1.54, 1.807) is 19.1 Å². The van der Waals surface area contributed by atoms with E-state index < -0.39 is 5.97 Å². The number of aryl methyl sites for hydroxylation is 1. The van der Waals surface area contributed by atoms with Crippen LogP contribution in [0.15, 0.2) is 66.7 Å². The molecule has 31 heavy (non-hydrogen) atoms. The van der Waals surface area contributed by atoms with E-state index in [1.165, 1.54) is 5.56 Å². The number of fused-ring (bicyclic) bond motifs is 1. The van der Waals surface area contributed by atoms with Crippen molar-refractivity contribution >= 4 is 23.3 Å². The van der Waals surface area contributed by atoms with Crippen LogP contribution in [0.25, 0.3) is 11.1 Å². The number of carboxylic acids is 1. The SMILES string of the molecule is CC(=O)N1c2ccc(-c3ccc(C(=O)O)cc3)cc2C(Nc2ccc(C)cc2)CC1C. The van der Waals surface area contributed by atoms with E-state index in [2.05, 4.69) is 49.5 Å². The Labute approximate surface area is 182 Å². The summed E-state index contributed by atoms with van der Waals surface area (Å²) in [6.45, 7) is 5.74. The number of anilines is 2. The maximum Gasteiger partial charge on any atom is 0.335 e. The van der Waals surface area contributed by atoms with Crippen molar-refractivity contribution in [1.82, 2.24) is 0 Å². The lowest BCUT2D eigenvalue weighted by Gasteiger charge is -2.39. The highest BCUT2D eigenvalue weighted by Gasteiger charge is 2.32. The van der Waals surface area contributed by atoms with Crippen LogP contribution < -0.4 is 10.2 Å². The van der Waals surface area contributed by atoms with Crippen LogP contribution in [0.5, 0.6) is 0 Å². The Balaban J connectivity index is 1.75. The molecule has 1 amide bonds. The number of carboxylic acid groups (broad SMARTS) is 1. The summed E-state index contributed by atoms with van der Waals surface area (Å²) in [4.78, 5) is 25.4. The zero-order valence-corrected chi connectivity index (χ0v) is 17.9. The lowest BCUT2D eigenvalue weighted by Crippen LogP contribution is -2.43. The number of carbonyl (C=O) groups excluding carboxylic acids is 1. The van der Waals surface area contributed by atoms with Crippen molar-refractivity contribution in [1.29, 1.82) is 0 Å². The maximum absolute atomic E-state index is 12.4. The summed E-state index contributed by atoms with van der Waals surface area (Å²) in [5, 5.41) is 12.8. The van der Waals surface area contributed by atoms with E-state index in [-0.39, 0.29) is 23.6 Å². The van der Waals surface area contributed by atoms with E-state index >= 15 is 0 Å². The van der Waals surface area contributed by atoms with Crippen molar-refractivity contribution in [3.05, 3.63) is 83.4 Å². The van der Waals surface area contributed by atoms with Gasteiger partial charge in [0.25, 0.3) is 0 Å². The van der Waals surface area contributed by atoms with Crippen LogP contribution in [0.2, 0.25) is 0 Å². The van der Waals surface area contributed by atoms with Gasteiger partial charge in [-0.3, -0.25) is 4.79 Å². The normalized spacial score (nSPS) is 17.7. The van der Waals surface area contributed by atoms with Gasteiger partial charge in [0.1, 0.15) is 0 Å². The van der Waals surface area contributed by atoms with Crippen LogP contribution in [0, 0.1) is 6.92 Å². The summed E-state index contributed by atoms with van der Waals surface area (Å²) in [6.07, 6.45) is 0.794. The summed E-state index contributed by atoms with van der Waals surface area (Å²) in [5.41, 5.74) is 6.42. The third-order valence-electron chi connectivity index (χ3n) is 5.88. The van der Waals surface area contributed by atoms with Crippen molar-refractivity contribution in [3.8, 4) is 11.1 Å². The molecule has 0 aliphatic carbocycles. The molecule has 158 valence electrons. The molecule has 2 unspecified atom stereocenters. The van der Waals surface area contributed by atoms with E-state index in [9.17, 15) is 9.59 Å². The highest BCUT2D eigenvalue weighted by Crippen LogP contribution is 2.41. The number of benzene rings is 3. The molecule has 0 bridgehead atoms. The number of carbonyl (C=O) groups is 2. The molecule has 0 radical (unpaired) electrons. The first-order valence-corrected chi connectivity index (χ1v) is 10.4. The lowest BCUT2D eigenvalue weighted by atomic mass is 9.88. The van der Waals surface area contributed by atoms with Crippen LogP contribution in [-0.4, -0.2) is 23.0 Å². The monoisotopic (exact) mass is 414 g/mol. The fraction of sp³-hybridized carbons (Fsp3) is 0.231. The minimum Gasteiger partial charge on any atom is -0.478 e. The minimum absolute atomic E-state index is 0.0288. The third kappa shape index (κ3) is 4.17. The van der Waals surface area contributed by atoms with Crippen molar-refractivity contribution in [2.45, 2.75) is 39.3 Å². The number of rotatable bonds is 4. The summed E-state index contributed by atoms with van der Waals surface area (Å²) < 4.78 is 0. The third-order valence-corrected chi connectivity index (χ3v) is 5.88. The summed E-state index contributed by atoms with van der Waals surface area (Å²) in [5.74, 6) is -0.911. The molecule has 3 aromatic rings. The average Bonchev–Trinajstić information content (AvgIpc) is 2.75. The lowest BCUT2D eigenvalue weighted by molar-refractivity contribution is -0.117. The van der Waals surface area contributed by atoms with Crippen LogP contribution in [-0.2, 0) is 4.79 Å².